The molecule has 5 rings (SSSR count). The van der Waals surface area contributed by atoms with Gasteiger partial charge in [-0.05, 0) is 49.7 Å². The summed E-state index contributed by atoms with van der Waals surface area (Å²) in [6.45, 7) is 4.14. The van der Waals surface area contributed by atoms with Crippen molar-refractivity contribution in [1.29, 1.82) is 0 Å². The number of hydrogen-bond donors (Lipinski definition) is 1. The summed E-state index contributed by atoms with van der Waals surface area (Å²) in [5.41, 5.74) is 5.87. The zero-order chi connectivity index (χ0) is 22.1. The highest BCUT2D eigenvalue weighted by Gasteiger charge is 2.26. The lowest BCUT2D eigenvalue weighted by Gasteiger charge is -2.15. The molecule has 3 aromatic carbocycles. The molecule has 0 fully saturated rings. The summed E-state index contributed by atoms with van der Waals surface area (Å²) in [4.78, 5) is 13.4. The third kappa shape index (κ3) is 3.89. The third-order valence-corrected chi connectivity index (χ3v) is 6.44. The fourth-order valence-corrected chi connectivity index (χ4v) is 4.93. The minimum absolute atomic E-state index is 0.220. The average molecular weight is 442 g/mol. The summed E-state index contributed by atoms with van der Waals surface area (Å²) in [5.74, 6) is 3.39. The number of para-hydroxylation sites is 2. The molecule has 0 saturated carbocycles. The van der Waals surface area contributed by atoms with Crippen LogP contribution in [-0.4, -0.2) is 15.7 Å². The number of thioether (sulfide) groups is 1. The number of aryl methyl sites for hydroxylation is 2. The highest BCUT2D eigenvalue weighted by molar-refractivity contribution is 7.98. The topological polar surface area (TPSA) is 56.2 Å². The van der Waals surface area contributed by atoms with Crippen LogP contribution in [0.1, 0.15) is 32.7 Å². The van der Waals surface area contributed by atoms with Gasteiger partial charge >= 0.3 is 0 Å². The van der Waals surface area contributed by atoms with Crippen molar-refractivity contribution in [3.63, 3.8) is 0 Å². The second kappa shape index (κ2) is 8.55. The summed E-state index contributed by atoms with van der Waals surface area (Å²) in [7, 11) is 0. The summed E-state index contributed by atoms with van der Waals surface area (Å²) in [5, 5.41) is 7.98. The monoisotopic (exact) mass is 441 g/mol. The molecule has 0 aliphatic carbocycles. The second-order valence-corrected chi connectivity index (χ2v) is 8.82. The van der Waals surface area contributed by atoms with Gasteiger partial charge in [0.25, 0.3) is 5.91 Å². The number of fused-ring (bicyclic) bond motifs is 1. The van der Waals surface area contributed by atoms with Gasteiger partial charge in [-0.1, -0.05) is 48.0 Å². The fraction of sp³-hybridized carbons (Fsp3) is 0.154. The van der Waals surface area contributed by atoms with Gasteiger partial charge < -0.3 is 10.1 Å². The maximum Gasteiger partial charge on any atom is 0.260 e. The first-order chi connectivity index (χ1) is 15.6. The molecule has 1 aliphatic heterocycles. The Morgan fingerprint density at radius 1 is 1.00 bits per heavy atom. The Hall–Kier alpha value is -3.51. The smallest absolute Gasteiger partial charge is 0.260 e. The van der Waals surface area contributed by atoms with Gasteiger partial charge in [0.15, 0.2) is 0 Å². The number of nitrogens with zero attached hydrogens (tertiary/aromatic N) is 2. The van der Waals surface area contributed by atoms with Crippen LogP contribution in [0.3, 0.4) is 0 Å². The molecule has 1 aromatic heterocycles. The maximum absolute atomic E-state index is 13.4. The van der Waals surface area contributed by atoms with Crippen LogP contribution in [0.15, 0.2) is 72.8 Å². The van der Waals surface area contributed by atoms with Crippen LogP contribution in [0, 0.1) is 13.8 Å². The molecule has 160 valence electrons. The van der Waals surface area contributed by atoms with Gasteiger partial charge in [-0.3, -0.25) is 4.79 Å². The molecule has 4 aromatic rings. The molecular weight excluding hydrogens is 418 g/mol. The van der Waals surface area contributed by atoms with Gasteiger partial charge in [0.05, 0.1) is 16.9 Å². The molecule has 5 nitrogen and oxygen atoms in total. The summed E-state index contributed by atoms with van der Waals surface area (Å²) in [6.07, 6.45) is 0. The van der Waals surface area contributed by atoms with Gasteiger partial charge in [0.1, 0.15) is 17.3 Å². The van der Waals surface area contributed by atoms with E-state index < -0.39 is 0 Å². The molecule has 1 N–H and O–H groups in total. The molecule has 32 heavy (non-hydrogen) atoms. The molecular formula is C26H23N3O2S. The number of anilines is 1. The predicted octanol–water partition coefficient (Wildman–Crippen LogP) is 6.28. The number of rotatable bonds is 5. The molecule has 1 aliphatic rings. The van der Waals surface area contributed by atoms with E-state index in [2.05, 4.69) is 37.4 Å². The molecule has 0 radical (unpaired) electrons. The Labute approximate surface area is 191 Å². The van der Waals surface area contributed by atoms with Gasteiger partial charge in [-0.15, -0.1) is 0 Å². The number of ether oxygens (including phenoxy) is 1. The van der Waals surface area contributed by atoms with E-state index in [0.29, 0.717) is 17.1 Å². The Morgan fingerprint density at radius 2 is 1.78 bits per heavy atom. The minimum atomic E-state index is -0.220. The standard InChI is InChI=1S/C26H23N3O2S/c1-17-12-13-23(18(2)14-17)29-25(21-15-32-16-22(21)28-29)27-26(30)20-10-6-7-11-24(20)31-19-8-4-3-5-9-19/h3-14H,15-16H2,1-2H3,(H,27,30). The second-order valence-electron chi connectivity index (χ2n) is 7.83. The van der Waals surface area contributed by atoms with E-state index in [1.165, 1.54) is 5.56 Å². The molecule has 2 heterocycles. The zero-order valence-electron chi connectivity index (χ0n) is 18.0. The van der Waals surface area contributed by atoms with Crippen LogP contribution in [0.4, 0.5) is 5.82 Å². The molecule has 1 amide bonds. The van der Waals surface area contributed by atoms with Crippen molar-refractivity contribution in [1.82, 2.24) is 9.78 Å². The van der Waals surface area contributed by atoms with E-state index >= 15 is 0 Å². The van der Waals surface area contributed by atoms with Crippen LogP contribution in [0.5, 0.6) is 11.5 Å². The molecule has 0 unspecified atom stereocenters. The number of carbonyl (C=O) groups is 1. The van der Waals surface area contributed by atoms with Crippen molar-refractivity contribution < 1.29 is 9.53 Å². The number of hydrogen-bond acceptors (Lipinski definition) is 4. The Morgan fingerprint density at radius 3 is 2.59 bits per heavy atom. The van der Waals surface area contributed by atoms with Crippen molar-refractivity contribution in [2.24, 2.45) is 0 Å². The van der Waals surface area contributed by atoms with E-state index in [9.17, 15) is 4.79 Å². The average Bonchev–Trinajstić information content (AvgIpc) is 3.37. The van der Waals surface area contributed by atoms with E-state index in [0.717, 1.165) is 39.8 Å². The normalized spacial score (nSPS) is 12.4. The highest BCUT2D eigenvalue weighted by atomic mass is 32.2. The number of nitrogens with one attached hydrogen (secondary N) is 1. The van der Waals surface area contributed by atoms with Crippen LogP contribution < -0.4 is 10.1 Å². The SMILES string of the molecule is Cc1ccc(-n2nc3c(c2NC(=O)c2ccccc2Oc2ccccc2)CSC3)c(C)c1. The molecule has 0 bridgehead atoms. The number of carbonyl (C=O) groups excluding carboxylic acids is 1. The van der Waals surface area contributed by atoms with Crippen LogP contribution in [0.2, 0.25) is 0 Å². The van der Waals surface area contributed by atoms with Crippen LogP contribution in [0.25, 0.3) is 5.69 Å². The lowest BCUT2D eigenvalue weighted by molar-refractivity contribution is 0.102. The van der Waals surface area contributed by atoms with E-state index in [4.69, 9.17) is 9.84 Å². The largest absolute Gasteiger partial charge is 0.457 e. The minimum Gasteiger partial charge on any atom is -0.457 e. The Bertz CT molecular complexity index is 1300. The lowest BCUT2D eigenvalue weighted by Crippen LogP contribution is -2.17. The first-order valence-electron chi connectivity index (χ1n) is 10.5. The van der Waals surface area contributed by atoms with Crippen molar-refractivity contribution in [2.75, 3.05) is 5.32 Å². The maximum atomic E-state index is 13.4. The number of benzene rings is 3. The highest BCUT2D eigenvalue weighted by Crippen LogP contribution is 2.37. The number of aromatic nitrogens is 2. The van der Waals surface area contributed by atoms with Crippen molar-refractivity contribution in [2.45, 2.75) is 25.4 Å². The molecule has 0 atom stereocenters. The molecule has 0 saturated heterocycles. The fourth-order valence-electron chi connectivity index (χ4n) is 3.89. The number of amides is 1. The van der Waals surface area contributed by atoms with Gasteiger partial charge in [0.2, 0.25) is 0 Å². The van der Waals surface area contributed by atoms with E-state index in [-0.39, 0.29) is 5.91 Å². The van der Waals surface area contributed by atoms with E-state index in [1.54, 1.807) is 6.07 Å². The van der Waals surface area contributed by atoms with Gasteiger partial charge in [-0.2, -0.15) is 16.9 Å². The van der Waals surface area contributed by atoms with Crippen molar-refractivity contribution >= 4 is 23.5 Å². The Balaban J connectivity index is 1.51. The molecule has 0 spiro atoms. The Kier molecular flexibility index (Phi) is 5.45. The quantitative estimate of drug-likeness (QED) is 0.396. The van der Waals surface area contributed by atoms with E-state index in [1.807, 2.05) is 65.0 Å². The predicted molar refractivity (Wildman–Crippen MR) is 129 cm³/mol. The molecule has 6 heteroatoms. The summed E-state index contributed by atoms with van der Waals surface area (Å²) in [6, 6.07) is 23.0. The van der Waals surface area contributed by atoms with Crippen LogP contribution in [-0.2, 0) is 11.5 Å². The summed E-state index contributed by atoms with van der Waals surface area (Å²) >= 11 is 1.81. The van der Waals surface area contributed by atoms with Crippen molar-refractivity contribution in [3.05, 3.63) is 101 Å². The van der Waals surface area contributed by atoms with Crippen molar-refractivity contribution in [3.8, 4) is 17.2 Å². The first-order valence-corrected chi connectivity index (χ1v) is 11.6. The lowest BCUT2D eigenvalue weighted by atomic mass is 10.1. The van der Waals surface area contributed by atoms with Gasteiger partial charge in [0, 0.05) is 17.1 Å². The third-order valence-electron chi connectivity index (χ3n) is 5.47. The van der Waals surface area contributed by atoms with Crippen LogP contribution >= 0.6 is 11.8 Å². The first kappa shape index (κ1) is 20.4. The zero-order valence-corrected chi connectivity index (χ0v) is 18.8. The summed E-state index contributed by atoms with van der Waals surface area (Å²) < 4.78 is 7.87. The van der Waals surface area contributed by atoms with Gasteiger partial charge in [-0.25, -0.2) is 4.68 Å².